The van der Waals surface area contributed by atoms with Gasteiger partial charge < -0.3 is 19.9 Å². The zero-order valence-corrected chi connectivity index (χ0v) is 15.3. The maximum Gasteiger partial charge on any atom is 0.191 e. The van der Waals surface area contributed by atoms with Crippen LogP contribution in [0.2, 0.25) is 0 Å². The van der Waals surface area contributed by atoms with Crippen LogP contribution in [0.5, 0.6) is 0 Å². The highest BCUT2D eigenvalue weighted by Crippen LogP contribution is 2.30. The quantitative estimate of drug-likeness (QED) is 0.536. The Morgan fingerprint density at radius 1 is 1.38 bits per heavy atom. The van der Waals surface area contributed by atoms with E-state index in [0.717, 1.165) is 49.3 Å². The van der Waals surface area contributed by atoms with Crippen LogP contribution in [0.15, 0.2) is 15.6 Å². The second kappa shape index (κ2) is 10.3. The molecule has 0 radical (unpaired) electrons. The van der Waals surface area contributed by atoms with Crippen LogP contribution >= 0.6 is 0 Å². The topological polar surface area (TPSA) is 71.7 Å². The monoisotopic (exact) mass is 336 g/mol. The molecular weight excluding hydrogens is 304 g/mol. The fraction of sp³-hybridized carbons (Fsp3) is 0.778. The van der Waals surface area contributed by atoms with E-state index in [2.05, 4.69) is 34.6 Å². The first-order valence-electron chi connectivity index (χ1n) is 9.27. The summed E-state index contributed by atoms with van der Waals surface area (Å²) in [4.78, 5) is 4.26. The minimum atomic E-state index is 0.365. The van der Waals surface area contributed by atoms with Gasteiger partial charge in [0.2, 0.25) is 0 Å². The lowest BCUT2D eigenvalue weighted by Crippen LogP contribution is -2.39. The summed E-state index contributed by atoms with van der Waals surface area (Å²) in [7, 11) is 1.78. The predicted molar refractivity (Wildman–Crippen MR) is 96.1 cm³/mol. The molecule has 1 aromatic heterocycles. The Bertz CT molecular complexity index is 495. The Kier molecular flexibility index (Phi) is 8.08. The molecule has 0 aromatic carbocycles. The first kappa shape index (κ1) is 18.8. The summed E-state index contributed by atoms with van der Waals surface area (Å²) >= 11 is 0. The Balaban J connectivity index is 1.71. The number of aliphatic imine (C=N–C) groups is 1. The Morgan fingerprint density at radius 3 is 2.79 bits per heavy atom. The van der Waals surface area contributed by atoms with Crippen molar-refractivity contribution in [2.75, 3.05) is 20.2 Å². The standard InChI is InChI=1S/C18H32N4O2/c1-4-15-12-16(24-22-15)13-21-18(19-3)20-11-10-17(23-5-2)14-8-6-7-9-14/h12,14,17H,4-11,13H2,1-3H3,(H2,19,20,21). The molecule has 0 amide bonds. The Morgan fingerprint density at radius 2 is 2.17 bits per heavy atom. The summed E-state index contributed by atoms with van der Waals surface area (Å²) in [6.07, 6.45) is 7.58. The van der Waals surface area contributed by atoms with Crippen molar-refractivity contribution in [2.45, 2.75) is 65.0 Å². The van der Waals surface area contributed by atoms with Crippen LogP contribution in [-0.4, -0.2) is 37.4 Å². The first-order valence-corrected chi connectivity index (χ1v) is 9.27. The molecule has 1 atom stereocenters. The van der Waals surface area contributed by atoms with E-state index in [4.69, 9.17) is 9.26 Å². The molecule has 1 saturated carbocycles. The smallest absolute Gasteiger partial charge is 0.191 e. The molecule has 2 N–H and O–H groups in total. The van der Waals surface area contributed by atoms with Crippen LogP contribution in [0.25, 0.3) is 0 Å². The summed E-state index contributed by atoms with van der Waals surface area (Å²) in [6.45, 7) is 6.38. The van der Waals surface area contributed by atoms with E-state index in [1.54, 1.807) is 7.05 Å². The molecule has 1 heterocycles. The number of hydrogen-bond acceptors (Lipinski definition) is 4. The van der Waals surface area contributed by atoms with Crippen molar-refractivity contribution < 1.29 is 9.26 Å². The molecule has 1 aromatic rings. The molecule has 24 heavy (non-hydrogen) atoms. The predicted octanol–water partition coefficient (Wildman–Crippen LogP) is 2.89. The van der Waals surface area contributed by atoms with Gasteiger partial charge in [-0.3, -0.25) is 4.99 Å². The average Bonchev–Trinajstić information content (AvgIpc) is 3.28. The second-order valence-corrected chi connectivity index (χ2v) is 6.32. The summed E-state index contributed by atoms with van der Waals surface area (Å²) in [6, 6.07) is 1.98. The van der Waals surface area contributed by atoms with Crippen LogP contribution in [-0.2, 0) is 17.7 Å². The molecular formula is C18H32N4O2. The van der Waals surface area contributed by atoms with Crippen molar-refractivity contribution in [1.29, 1.82) is 0 Å². The van der Waals surface area contributed by atoms with E-state index in [-0.39, 0.29) is 0 Å². The summed E-state index contributed by atoms with van der Waals surface area (Å²) in [5.74, 6) is 2.34. The zero-order valence-electron chi connectivity index (χ0n) is 15.3. The number of aromatic nitrogens is 1. The van der Waals surface area contributed by atoms with Gasteiger partial charge in [-0.25, -0.2) is 0 Å². The average molecular weight is 336 g/mol. The minimum absolute atomic E-state index is 0.365. The van der Waals surface area contributed by atoms with Gasteiger partial charge >= 0.3 is 0 Å². The molecule has 0 saturated heterocycles. The van der Waals surface area contributed by atoms with Gasteiger partial charge in [-0.15, -0.1) is 0 Å². The lowest BCUT2D eigenvalue weighted by atomic mass is 9.98. The van der Waals surface area contributed by atoms with Crippen LogP contribution in [0, 0.1) is 5.92 Å². The molecule has 2 rings (SSSR count). The van der Waals surface area contributed by atoms with Gasteiger partial charge in [-0.05, 0) is 38.5 Å². The van der Waals surface area contributed by atoms with Gasteiger partial charge in [0.25, 0.3) is 0 Å². The number of guanidine groups is 1. The molecule has 0 spiro atoms. The van der Waals surface area contributed by atoms with Crippen molar-refractivity contribution >= 4 is 5.96 Å². The normalized spacial score (nSPS) is 17.2. The molecule has 1 aliphatic rings. The van der Waals surface area contributed by atoms with Gasteiger partial charge in [-0.1, -0.05) is 24.9 Å². The number of aryl methyl sites for hydroxylation is 1. The molecule has 1 fully saturated rings. The summed E-state index contributed by atoms with van der Waals surface area (Å²) in [5, 5.41) is 10.6. The summed E-state index contributed by atoms with van der Waals surface area (Å²) < 4.78 is 11.2. The highest BCUT2D eigenvalue weighted by molar-refractivity contribution is 5.79. The van der Waals surface area contributed by atoms with Gasteiger partial charge in [0.15, 0.2) is 11.7 Å². The van der Waals surface area contributed by atoms with E-state index >= 15 is 0 Å². The lowest BCUT2D eigenvalue weighted by molar-refractivity contribution is 0.0169. The van der Waals surface area contributed by atoms with Crippen LogP contribution in [0.1, 0.15) is 57.4 Å². The third-order valence-electron chi connectivity index (χ3n) is 4.65. The number of nitrogens with zero attached hydrogens (tertiary/aromatic N) is 2. The number of rotatable bonds is 9. The van der Waals surface area contributed by atoms with Crippen LogP contribution in [0.3, 0.4) is 0 Å². The third-order valence-corrected chi connectivity index (χ3v) is 4.65. The highest BCUT2D eigenvalue weighted by atomic mass is 16.5. The van der Waals surface area contributed by atoms with E-state index in [0.29, 0.717) is 12.6 Å². The van der Waals surface area contributed by atoms with Gasteiger partial charge in [0, 0.05) is 26.3 Å². The highest BCUT2D eigenvalue weighted by Gasteiger charge is 2.25. The van der Waals surface area contributed by atoms with Crippen molar-refractivity contribution in [2.24, 2.45) is 10.9 Å². The molecule has 136 valence electrons. The maximum atomic E-state index is 5.96. The van der Waals surface area contributed by atoms with Crippen molar-refractivity contribution in [3.05, 3.63) is 17.5 Å². The molecule has 0 aliphatic heterocycles. The van der Waals surface area contributed by atoms with Crippen LogP contribution in [0.4, 0.5) is 0 Å². The summed E-state index contributed by atoms with van der Waals surface area (Å²) in [5.41, 5.74) is 0.978. The van der Waals surface area contributed by atoms with E-state index in [1.165, 1.54) is 25.7 Å². The fourth-order valence-electron chi connectivity index (χ4n) is 3.33. The Hall–Kier alpha value is -1.56. The molecule has 1 aliphatic carbocycles. The maximum absolute atomic E-state index is 5.96. The fourth-order valence-corrected chi connectivity index (χ4v) is 3.33. The van der Waals surface area contributed by atoms with Crippen molar-refractivity contribution in [3.8, 4) is 0 Å². The number of ether oxygens (including phenoxy) is 1. The van der Waals surface area contributed by atoms with Gasteiger partial charge in [-0.2, -0.15) is 0 Å². The second-order valence-electron chi connectivity index (χ2n) is 6.32. The van der Waals surface area contributed by atoms with Crippen molar-refractivity contribution in [3.63, 3.8) is 0 Å². The number of hydrogen-bond donors (Lipinski definition) is 2. The largest absolute Gasteiger partial charge is 0.378 e. The lowest BCUT2D eigenvalue weighted by Gasteiger charge is -2.23. The SMILES string of the molecule is CCOC(CCNC(=NC)NCc1cc(CC)no1)C1CCCC1. The molecule has 6 nitrogen and oxygen atoms in total. The molecule has 1 unspecified atom stereocenters. The zero-order chi connectivity index (χ0) is 17.2. The third kappa shape index (κ3) is 5.82. The van der Waals surface area contributed by atoms with Crippen LogP contribution < -0.4 is 10.6 Å². The molecule has 0 bridgehead atoms. The first-order chi connectivity index (χ1) is 11.8. The van der Waals surface area contributed by atoms with Gasteiger partial charge in [0.1, 0.15) is 0 Å². The Labute approximate surface area is 145 Å². The van der Waals surface area contributed by atoms with E-state index < -0.39 is 0 Å². The van der Waals surface area contributed by atoms with Crippen molar-refractivity contribution in [1.82, 2.24) is 15.8 Å². The van der Waals surface area contributed by atoms with E-state index in [9.17, 15) is 0 Å². The molecule has 6 heteroatoms. The van der Waals surface area contributed by atoms with E-state index in [1.807, 2.05) is 6.07 Å². The number of nitrogens with one attached hydrogen (secondary N) is 2. The van der Waals surface area contributed by atoms with Gasteiger partial charge in [0.05, 0.1) is 18.3 Å². The minimum Gasteiger partial charge on any atom is -0.378 e.